The van der Waals surface area contributed by atoms with E-state index in [1.807, 2.05) is 6.92 Å². The van der Waals surface area contributed by atoms with Crippen LogP contribution in [0.2, 0.25) is 5.02 Å². The molecule has 0 aliphatic heterocycles. The molecule has 0 saturated carbocycles. The number of Topliss-reactive ketones (excluding diaryl/α,β-unsaturated/α-hetero) is 1. The zero-order valence-corrected chi connectivity index (χ0v) is 11.6. The summed E-state index contributed by atoms with van der Waals surface area (Å²) >= 11 is 6.03. The van der Waals surface area contributed by atoms with Crippen LogP contribution >= 0.6 is 11.6 Å². The number of carbonyl (C=O) groups excluding carboxylic acids is 1. The minimum Gasteiger partial charge on any atom is -0.383 e. The van der Waals surface area contributed by atoms with E-state index in [0.29, 0.717) is 30.4 Å². The summed E-state index contributed by atoms with van der Waals surface area (Å²) in [6.07, 6.45) is 3.17. The van der Waals surface area contributed by atoms with Crippen LogP contribution in [0.3, 0.4) is 0 Å². The van der Waals surface area contributed by atoms with Crippen molar-refractivity contribution < 1.29 is 9.53 Å². The lowest BCUT2D eigenvalue weighted by Crippen LogP contribution is -2.26. The molecule has 1 atom stereocenters. The Bertz CT molecular complexity index is 393. The van der Waals surface area contributed by atoms with Gasteiger partial charge in [-0.15, -0.1) is 0 Å². The van der Waals surface area contributed by atoms with Crippen LogP contribution in [0.25, 0.3) is 0 Å². The Labute approximate surface area is 112 Å². The molecule has 6 heteroatoms. The van der Waals surface area contributed by atoms with Crippen molar-refractivity contribution in [2.45, 2.75) is 26.3 Å². The summed E-state index contributed by atoms with van der Waals surface area (Å²) in [4.78, 5) is 12.4. The number of carbonyl (C=O) groups is 1. The normalized spacial score (nSPS) is 12.7. The molecule has 102 valence electrons. The topological polar surface area (TPSA) is 70.1 Å². The summed E-state index contributed by atoms with van der Waals surface area (Å²) in [6, 6.07) is 0. The van der Waals surface area contributed by atoms with Gasteiger partial charge in [0, 0.05) is 19.6 Å². The van der Waals surface area contributed by atoms with Gasteiger partial charge in [0.15, 0.2) is 5.78 Å². The highest BCUT2D eigenvalue weighted by molar-refractivity contribution is 6.33. The van der Waals surface area contributed by atoms with Gasteiger partial charge >= 0.3 is 0 Å². The molecular weight excluding hydrogens is 254 g/mol. The largest absolute Gasteiger partial charge is 0.383 e. The first kappa shape index (κ1) is 15.1. The van der Waals surface area contributed by atoms with Crippen LogP contribution in [0, 0.1) is 5.92 Å². The molecule has 1 unspecified atom stereocenters. The van der Waals surface area contributed by atoms with Crippen molar-refractivity contribution in [2.75, 3.05) is 20.3 Å². The summed E-state index contributed by atoms with van der Waals surface area (Å²) in [5, 5.41) is 4.47. The fraction of sp³-hybridized carbons (Fsp3) is 0.667. The van der Waals surface area contributed by atoms with Crippen LogP contribution in [0.4, 0.5) is 0 Å². The number of methoxy groups -OCH3 is 1. The maximum Gasteiger partial charge on any atom is 0.186 e. The van der Waals surface area contributed by atoms with E-state index < -0.39 is 0 Å². The number of rotatable bonds is 8. The minimum absolute atomic E-state index is 0.0297. The lowest BCUT2D eigenvalue weighted by Gasteiger charge is -2.14. The number of nitrogens with two attached hydrogens (primary N) is 1. The molecule has 18 heavy (non-hydrogen) atoms. The van der Waals surface area contributed by atoms with Gasteiger partial charge in [0.25, 0.3) is 0 Å². The Kier molecular flexibility index (Phi) is 6.32. The third-order valence-electron chi connectivity index (χ3n) is 2.83. The molecule has 0 aromatic carbocycles. The first-order valence-corrected chi connectivity index (χ1v) is 6.48. The van der Waals surface area contributed by atoms with Crippen LogP contribution in [-0.4, -0.2) is 35.8 Å². The van der Waals surface area contributed by atoms with E-state index in [0.717, 1.165) is 12.8 Å². The van der Waals surface area contributed by atoms with Crippen LogP contribution in [0.5, 0.6) is 0 Å². The quantitative estimate of drug-likeness (QED) is 0.733. The smallest absolute Gasteiger partial charge is 0.186 e. The molecule has 0 fully saturated rings. The number of hydrogen-bond donors (Lipinski definition) is 1. The highest BCUT2D eigenvalue weighted by Gasteiger charge is 2.24. The molecule has 2 N–H and O–H groups in total. The number of hydrogen-bond acceptors (Lipinski definition) is 4. The Morgan fingerprint density at radius 3 is 2.94 bits per heavy atom. The fourth-order valence-electron chi connectivity index (χ4n) is 1.85. The highest BCUT2D eigenvalue weighted by Crippen LogP contribution is 2.21. The van der Waals surface area contributed by atoms with E-state index in [1.54, 1.807) is 11.8 Å². The van der Waals surface area contributed by atoms with Crippen LogP contribution < -0.4 is 5.73 Å². The summed E-state index contributed by atoms with van der Waals surface area (Å²) in [5.41, 5.74) is 6.09. The van der Waals surface area contributed by atoms with Crippen LogP contribution in [0.1, 0.15) is 30.3 Å². The van der Waals surface area contributed by atoms with E-state index >= 15 is 0 Å². The average molecular weight is 274 g/mol. The van der Waals surface area contributed by atoms with Crippen molar-refractivity contribution in [1.29, 1.82) is 0 Å². The van der Waals surface area contributed by atoms with E-state index in [4.69, 9.17) is 22.1 Å². The number of aromatic nitrogens is 2. The van der Waals surface area contributed by atoms with Gasteiger partial charge in [0.1, 0.15) is 5.69 Å². The van der Waals surface area contributed by atoms with Gasteiger partial charge in [0.2, 0.25) is 0 Å². The van der Waals surface area contributed by atoms with Gasteiger partial charge in [-0.1, -0.05) is 24.9 Å². The summed E-state index contributed by atoms with van der Waals surface area (Å²) in [6.45, 7) is 3.35. The molecule has 0 amide bonds. The van der Waals surface area contributed by atoms with Crippen molar-refractivity contribution in [3.8, 4) is 0 Å². The second-order valence-electron chi connectivity index (χ2n) is 4.14. The van der Waals surface area contributed by atoms with Gasteiger partial charge in [-0.3, -0.25) is 9.48 Å². The lowest BCUT2D eigenvalue weighted by molar-refractivity contribution is 0.0903. The second-order valence-corrected chi connectivity index (χ2v) is 4.55. The van der Waals surface area contributed by atoms with Crippen molar-refractivity contribution >= 4 is 17.4 Å². The first-order chi connectivity index (χ1) is 8.65. The molecule has 0 saturated heterocycles. The predicted molar refractivity (Wildman–Crippen MR) is 70.9 cm³/mol. The van der Waals surface area contributed by atoms with Crippen LogP contribution in [-0.2, 0) is 11.3 Å². The van der Waals surface area contributed by atoms with Crippen molar-refractivity contribution in [3.63, 3.8) is 0 Å². The third-order valence-corrected chi connectivity index (χ3v) is 3.10. The fourth-order valence-corrected chi connectivity index (χ4v) is 2.09. The lowest BCUT2D eigenvalue weighted by atomic mass is 9.96. The molecule has 1 aromatic heterocycles. The number of nitrogens with zero attached hydrogens (tertiary/aromatic N) is 2. The molecule has 1 rings (SSSR count). The Balaban J connectivity index is 2.92. The summed E-state index contributed by atoms with van der Waals surface area (Å²) in [7, 11) is 1.60. The standard InChI is InChI=1S/C12H20ClN3O2/c1-3-4-9(7-14)12(17)11-10(13)8-15-16(11)5-6-18-2/h8-9H,3-7,14H2,1-2H3. The SMILES string of the molecule is CCCC(CN)C(=O)c1c(Cl)cnn1CCOC. The molecule has 0 spiro atoms. The number of ketones is 1. The van der Waals surface area contributed by atoms with E-state index in [9.17, 15) is 4.79 Å². The monoisotopic (exact) mass is 273 g/mol. The number of ether oxygens (including phenoxy) is 1. The van der Waals surface area contributed by atoms with E-state index in [2.05, 4.69) is 5.10 Å². The minimum atomic E-state index is -0.189. The van der Waals surface area contributed by atoms with Gasteiger partial charge in [-0.25, -0.2) is 0 Å². The van der Waals surface area contributed by atoms with Gasteiger partial charge in [-0.05, 0) is 6.42 Å². The zero-order valence-electron chi connectivity index (χ0n) is 10.9. The molecular formula is C12H20ClN3O2. The summed E-state index contributed by atoms with van der Waals surface area (Å²) < 4.78 is 6.57. The van der Waals surface area contributed by atoms with Gasteiger partial charge in [-0.2, -0.15) is 5.10 Å². The molecule has 0 aliphatic carbocycles. The van der Waals surface area contributed by atoms with E-state index in [-0.39, 0.29) is 11.7 Å². The third kappa shape index (κ3) is 3.54. The molecule has 0 aliphatic rings. The first-order valence-electron chi connectivity index (χ1n) is 6.10. The Morgan fingerprint density at radius 1 is 1.67 bits per heavy atom. The van der Waals surface area contributed by atoms with Crippen LogP contribution in [0.15, 0.2) is 6.20 Å². The second kappa shape index (κ2) is 7.51. The maximum absolute atomic E-state index is 12.4. The predicted octanol–water partition coefficient (Wildman–Crippen LogP) is 1.74. The molecule has 1 aromatic rings. The van der Waals surface area contributed by atoms with Crippen molar-refractivity contribution in [3.05, 3.63) is 16.9 Å². The molecule has 1 heterocycles. The summed E-state index contributed by atoms with van der Waals surface area (Å²) in [5.74, 6) is -0.219. The van der Waals surface area contributed by atoms with Gasteiger partial charge in [0.05, 0.1) is 24.4 Å². The molecule has 0 bridgehead atoms. The Morgan fingerprint density at radius 2 is 2.39 bits per heavy atom. The number of halogens is 1. The van der Waals surface area contributed by atoms with Crippen molar-refractivity contribution in [1.82, 2.24) is 9.78 Å². The zero-order chi connectivity index (χ0) is 13.5. The van der Waals surface area contributed by atoms with Crippen molar-refractivity contribution in [2.24, 2.45) is 11.7 Å². The van der Waals surface area contributed by atoms with E-state index in [1.165, 1.54) is 6.20 Å². The molecule has 0 radical (unpaired) electrons. The van der Waals surface area contributed by atoms with Gasteiger partial charge < -0.3 is 10.5 Å². The average Bonchev–Trinajstić information content (AvgIpc) is 2.73. The maximum atomic E-state index is 12.4. The molecule has 5 nitrogen and oxygen atoms in total. The Hall–Kier alpha value is -0.910. The highest BCUT2D eigenvalue weighted by atomic mass is 35.5.